The van der Waals surface area contributed by atoms with Gasteiger partial charge < -0.3 is 10.5 Å². The third kappa shape index (κ3) is 3.18. The molecule has 1 aliphatic carbocycles. The number of ether oxygens (including phenoxy) is 1. The molecule has 0 aliphatic heterocycles. The van der Waals surface area contributed by atoms with Crippen LogP contribution >= 0.6 is 0 Å². The lowest BCUT2D eigenvalue weighted by Gasteiger charge is -2.22. The van der Waals surface area contributed by atoms with Crippen LogP contribution in [0.4, 0.5) is 0 Å². The van der Waals surface area contributed by atoms with Gasteiger partial charge in [0.05, 0.1) is 0 Å². The maximum Gasteiger partial charge on any atom is 0.144 e. The zero-order valence-electron chi connectivity index (χ0n) is 9.80. The van der Waals surface area contributed by atoms with Gasteiger partial charge in [-0.15, -0.1) is 0 Å². The highest BCUT2D eigenvalue weighted by Gasteiger charge is 2.21. The molecule has 90 valence electrons. The minimum absolute atomic E-state index is 0.0615. The Morgan fingerprint density at radius 2 is 2.18 bits per heavy atom. The molecule has 0 radical (unpaired) electrons. The highest BCUT2D eigenvalue weighted by molar-refractivity contribution is 5.29. The molecule has 1 aromatic rings. The van der Waals surface area contributed by atoms with Crippen LogP contribution in [0.15, 0.2) is 18.3 Å². The Hall–Kier alpha value is -1.60. The smallest absolute Gasteiger partial charge is 0.144 e. The van der Waals surface area contributed by atoms with Crippen LogP contribution in [0.25, 0.3) is 0 Å². The Balaban J connectivity index is 2.05. The second kappa shape index (κ2) is 5.65. The van der Waals surface area contributed by atoms with Gasteiger partial charge in [0.1, 0.15) is 23.6 Å². The molecular weight excluding hydrogens is 214 g/mol. The number of pyridine rings is 1. The van der Waals surface area contributed by atoms with Crippen molar-refractivity contribution < 1.29 is 4.74 Å². The molecule has 2 unspecified atom stereocenters. The molecule has 0 amide bonds. The summed E-state index contributed by atoms with van der Waals surface area (Å²) in [5.41, 5.74) is 6.47. The van der Waals surface area contributed by atoms with Crippen molar-refractivity contribution >= 4 is 0 Å². The van der Waals surface area contributed by atoms with Gasteiger partial charge >= 0.3 is 0 Å². The summed E-state index contributed by atoms with van der Waals surface area (Å²) in [5.74, 6) is 0.693. The van der Waals surface area contributed by atoms with Crippen molar-refractivity contribution in [1.29, 1.82) is 5.26 Å². The summed E-state index contributed by atoms with van der Waals surface area (Å²) in [6.07, 6.45) is 7.23. The van der Waals surface area contributed by atoms with Crippen LogP contribution in [0.3, 0.4) is 0 Å². The van der Waals surface area contributed by atoms with Crippen molar-refractivity contribution in [3.63, 3.8) is 0 Å². The minimum Gasteiger partial charge on any atom is -0.489 e. The Bertz CT molecular complexity index is 413. The van der Waals surface area contributed by atoms with Crippen LogP contribution < -0.4 is 10.5 Å². The molecule has 0 saturated heterocycles. The standard InChI is InChI=1S/C13H17N3O/c14-9-10-8-11(6-7-16-10)17-13-5-3-1-2-4-12(13)15/h6-8,12-13H,1-5,15H2. The molecule has 1 aromatic heterocycles. The first kappa shape index (κ1) is 11.9. The Kier molecular flexibility index (Phi) is 3.94. The summed E-state index contributed by atoms with van der Waals surface area (Å²) in [4.78, 5) is 3.92. The van der Waals surface area contributed by atoms with E-state index in [1.807, 2.05) is 6.07 Å². The number of aromatic nitrogens is 1. The van der Waals surface area contributed by atoms with E-state index in [2.05, 4.69) is 4.98 Å². The highest BCUT2D eigenvalue weighted by atomic mass is 16.5. The second-order valence-electron chi connectivity index (χ2n) is 4.45. The summed E-state index contributed by atoms with van der Waals surface area (Å²) in [5, 5.41) is 8.77. The lowest BCUT2D eigenvalue weighted by Crippen LogP contribution is -2.37. The molecule has 17 heavy (non-hydrogen) atoms. The Morgan fingerprint density at radius 1 is 1.35 bits per heavy atom. The van der Waals surface area contributed by atoms with E-state index in [1.165, 1.54) is 12.8 Å². The van der Waals surface area contributed by atoms with Crippen LogP contribution in [0.2, 0.25) is 0 Å². The molecule has 2 rings (SSSR count). The number of nitriles is 1. The maximum atomic E-state index is 8.77. The molecule has 2 atom stereocenters. The van der Waals surface area contributed by atoms with Crippen molar-refractivity contribution in [1.82, 2.24) is 4.98 Å². The number of hydrogen-bond acceptors (Lipinski definition) is 4. The Morgan fingerprint density at radius 3 is 3.00 bits per heavy atom. The number of hydrogen-bond donors (Lipinski definition) is 1. The fourth-order valence-corrected chi connectivity index (χ4v) is 2.17. The van der Waals surface area contributed by atoms with E-state index in [0.717, 1.165) is 19.3 Å². The first-order chi connectivity index (χ1) is 8.29. The average molecular weight is 231 g/mol. The van der Waals surface area contributed by atoms with Crippen LogP contribution in [0.5, 0.6) is 5.75 Å². The van der Waals surface area contributed by atoms with Crippen molar-refractivity contribution in [2.45, 2.75) is 44.2 Å². The van der Waals surface area contributed by atoms with Gasteiger partial charge in [0, 0.05) is 18.3 Å². The molecule has 4 heteroatoms. The van der Waals surface area contributed by atoms with Gasteiger partial charge in [-0.05, 0) is 25.3 Å². The summed E-state index contributed by atoms with van der Waals surface area (Å²) < 4.78 is 5.87. The first-order valence-electron chi connectivity index (χ1n) is 6.08. The van der Waals surface area contributed by atoms with E-state index in [9.17, 15) is 0 Å². The van der Waals surface area contributed by atoms with Gasteiger partial charge in [-0.2, -0.15) is 5.26 Å². The summed E-state index contributed by atoms with van der Waals surface area (Å²) >= 11 is 0. The molecule has 4 nitrogen and oxygen atoms in total. The van der Waals surface area contributed by atoms with E-state index < -0.39 is 0 Å². The van der Waals surface area contributed by atoms with Gasteiger partial charge in [0.2, 0.25) is 0 Å². The predicted octanol–water partition coefficient (Wildman–Crippen LogP) is 1.99. The summed E-state index contributed by atoms with van der Waals surface area (Å²) in [6.45, 7) is 0. The van der Waals surface area contributed by atoms with Crippen LogP contribution in [0.1, 0.15) is 37.8 Å². The molecule has 0 bridgehead atoms. The number of rotatable bonds is 2. The fourth-order valence-electron chi connectivity index (χ4n) is 2.17. The van der Waals surface area contributed by atoms with Crippen LogP contribution in [-0.4, -0.2) is 17.1 Å². The molecular formula is C13H17N3O. The van der Waals surface area contributed by atoms with Gasteiger partial charge in [-0.25, -0.2) is 4.98 Å². The highest BCUT2D eigenvalue weighted by Crippen LogP contribution is 2.22. The number of nitrogens with zero attached hydrogens (tertiary/aromatic N) is 2. The largest absolute Gasteiger partial charge is 0.489 e. The predicted molar refractivity (Wildman–Crippen MR) is 64.4 cm³/mol. The number of nitrogens with two attached hydrogens (primary N) is 1. The quantitative estimate of drug-likeness (QED) is 0.790. The fraction of sp³-hybridized carbons (Fsp3) is 0.538. The first-order valence-corrected chi connectivity index (χ1v) is 6.08. The molecule has 2 N–H and O–H groups in total. The lowest BCUT2D eigenvalue weighted by atomic mass is 10.1. The maximum absolute atomic E-state index is 8.77. The zero-order valence-corrected chi connectivity index (χ0v) is 9.80. The summed E-state index contributed by atoms with van der Waals surface area (Å²) in [6, 6.07) is 5.54. The molecule has 1 aliphatic rings. The van der Waals surface area contributed by atoms with Crippen LogP contribution in [-0.2, 0) is 0 Å². The third-order valence-corrected chi connectivity index (χ3v) is 3.14. The molecule has 1 heterocycles. The van der Waals surface area contributed by atoms with Crippen molar-refractivity contribution in [2.24, 2.45) is 5.73 Å². The lowest BCUT2D eigenvalue weighted by molar-refractivity contribution is 0.162. The third-order valence-electron chi connectivity index (χ3n) is 3.14. The van der Waals surface area contributed by atoms with Gasteiger partial charge in [-0.1, -0.05) is 12.8 Å². The van der Waals surface area contributed by atoms with Crippen LogP contribution in [0, 0.1) is 11.3 Å². The van der Waals surface area contributed by atoms with E-state index in [4.69, 9.17) is 15.7 Å². The normalized spacial score (nSPS) is 24.7. The molecule has 1 fully saturated rings. The zero-order chi connectivity index (χ0) is 12.1. The van der Waals surface area contributed by atoms with Gasteiger partial charge in [0.15, 0.2) is 0 Å². The SMILES string of the molecule is N#Cc1cc(OC2CCCCCC2N)ccn1. The van der Waals surface area contributed by atoms with Gasteiger partial charge in [-0.3, -0.25) is 0 Å². The second-order valence-corrected chi connectivity index (χ2v) is 4.45. The van der Waals surface area contributed by atoms with E-state index in [1.54, 1.807) is 18.3 Å². The van der Waals surface area contributed by atoms with Crippen molar-refractivity contribution in [3.8, 4) is 11.8 Å². The van der Waals surface area contributed by atoms with E-state index in [-0.39, 0.29) is 12.1 Å². The summed E-state index contributed by atoms with van der Waals surface area (Å²) in [7, 11) is 0. The average Bonchev–Trinajstić information content (AvgIpc) is 2.55. The van der Waals surface area contributed by atoms with Crippen molar-refractivity contribution in [2.75, 3.05) is 0 Å². The Labute approximate surface area is 101 Å². The van der Waals surface area contributed by atoms with E-state index in [0.29, 0.717) is 11.4 Å². The van der Waals surface area contributed by atoms with E-state index >= 15 is 0 Å². The molecule has 0 spiro atoms. The topological polar surface area (TPSA) is 71.9 Å². The molecule has 1 saturated carbocycles. The molecule has 0 aromatic carbocycles. The van der Waals surface area contributed by atoms with Gasteiger partial charge in [0.25, 0.3) is 0 Å². The monoisotopic (exact) mass is 231 g/mol. The minimum atomic E-state index is 0.0615. The van der Waals surface area contributed by atoms with Crippen molar-refractivity contribution in [3.05, 3.63) is 24.0 Å².